The van der Waals surface area contributed by atoms with Crippen molar-refractivity contribution in [3.63, 3.8) is 0 Å². The van der Waals surface area contributed by atoms with Gasteiger partial charge in [-0.05, 0) is 51.4 Å². The lowest BCUT2D eigenvalue weighted by atomic mass is 9.81. The van der Waals surface area contributed by atoms with Crippen LogP contribution in [-0.4, -0.2) is 62.8 Å². The largest absolute Gasteiger partial charge is 0.377 e. The summed E-state index contributed by atoms with van der Waals surface area (Å²) in [6, 6.07) is -0.780. The Hall–Kier alpha value is -1.91. The van der Waals surface area contributed by atoms with Gasteiger partial charge in [-0.1, -0.05) is 6.92 Å². The molecule has 2 rings (SSSR count). The molecule has 0 unspecified atom stereocenters. The van der Waals surface area contributed by atoms with Crippen molar-refractivity contribution < 1.29 is 19.1 Å². The number of carbonyl (C=O) groups excluding carboxylic acids is 3. The fourth-order valence-corrected chi connectivity index (χ4v) is 4.13. The van der Waals surface area contributed by atoms with Crippen molar-refractivity contribution in [2.75, 3.05) is 26.7 Å². The van der Waals surface area contributed by atoms with Crippen LogP contribution in [0.1, 0.15) is 52.4 Å². The minimum Gasteiger partial charge on any atom is -0.377 e. The van der Waals surface area contributed by atoms with Gasteiger partial charge in [0.1, 0.15) is 0 Å². The lowest BCUT2D eigenvalue weighted by Crippen LogP contribution is -2.50. The monoisotopic (exact) mass is 439 g/mol. The quantitative estimate of drug-likeness (QED) is 0.254. The van der Waals surface area contributed by atoms with E-state index in [1.165, 1.54) is 0 Å². The van der Waals surface area contributed by atoms with Gasteiger partial charge < -0.3 is 26.0 Å². The molecule has 1 heterocycles. The molecule has 1 saturated carbocycles. The number of ether oxygens (including phenoxy) is 1. The first-order valence-corrected chi connectivity index (χ1v) is 11.5. The molecular weight excluding hydrogens is 400 g/mol. The Kier molecular flexibility index (Phi) is 11.0. The van der Waals surface area contributed by atoms with Gasteiger partial charge in [-0.3, -0.25) is 15.0 Å². The smallest absolute Gasteiger partial charge is 0.329 e. The lowest BCUT2D eigenvalue weighted by Gasteiger charge is -2.27. The molecule has 0 aromatic rings. The topological polar surface area (TPSA) is 133 Å². The van der Waals surface area contributed by atoms with Crippen LogP contribution in [0, 0.1) is 18.4 Å². The van der Waals surface area contributed by atoms with Crippen molar-refractivity contribution in [1.29, 1.82) is 0 Å². The minimum atomic E-state index is -0.317. The van der Waals surface area contributed by atoms with Crippen LogP contribution in [0.5, 0.6) is 0 Å². The molecule has 3 atom stereocenters. The maximum atomic E-state index is 12.4. The molecule has 1 aliphatic carbocycles. The molecule has 10 heteroatoms. The maximum absolute atomic E-state index is 12.4. The molecule has 1 radical (unpaired) electrons. The zero-order chi connectivity index (χ0) is 22.6. The van der Waals surface area contributed by atoms with Crippen LogP contribution < -0.4 is 32.1 Å². The van der Waals surface area contributed by atoms with Gasteiger partial charge in [-0.2, -0.15) is 0 Å². The SMILES string of the molecule is CCO[C@H]1CN[C@H](C(=O)N[C@H]([CH]NNC(=O)NCC2CCC(C(=O)NC)CC2)CC)C1. The molecular formula is C21H39N6O4. The van der Waals surface area contributed by atoms with Gasteiger partial charge in [0.05, 0.1) is 18.7 Å². The zero-order valence-electron chi connectivity index (χ0n) is 19.0. The molecule has 31 heavy (non-hydrogen) atoms. The second-order valence-corrected chi connectivity index (χ2v) is 8.28. The standard InChI is InChI=1S/C21H39N6O4/c1-4-16(26-20(29)18-10-17(13-23-18)31-5-2)12-25-27-21(30)24-11-14-6-8-15(9-7-14)19(28)22-3/h12,14-18,23,25H,4-11,13H2,1-3H3,(H,22,28)(H,26,29)(H2,24,27,30)/t14?,15?,16-,17+,18-/m0/s1. The third-order valence-corrected chi connectivity index (χ3v) is 6.06. The highest BCUT2D eigenvalue weighted by Gasteiger charge is 2.30. The van der Waals surface area contributed by atoms with E-state index in [0.29, 0.717) is 38.5 Å². The molecule has 177 valence electrons. The van der Waals surface area contributed by atoms with E-state index in [-0.39, 0.29) is 42.0 Å². The van der Waals surface area contributed by atoms with Crippen molar-refractivity contribution in [2.45, 2.75) is 70.6 Å². The van der Waals surface area contributed by atoms with Crippen LogP contribution >= 0.6 is 0 Å². The fourth-order valence-electron chi connectivity index (χ4n) is 4.13. The molecule has 1 saturated heterocycles. The minimum absolute atomic E-state index is 0.0658. The molecule has 0 aromatic carbocycles. The fraction of sp³-hybridized carbons (Fsp3) is 0.810. The Balaban J connectivity index is 1.58. The van der Waals surface area contributed by atoms with Gasteiger partial charge in [0, 0.05) is 38.7 Å². The first kappa shape index (κ1) is 25.4. The summed E-state index contributed by atoms with van der Waals surface area (Å²) in [5.41, 5.74) is 5.36. The van der Waals surface area contributed by atoms with Gasteiger partial charge in [0.2, 0.25) is 11.8 Å². The van der Waals surface area contributed by atoms with Gasteiger partial charge in [0.15, 0.2) is 0 Å². The Morgan fingerprint density at radius 1 is 1.13 bits per heavy atom. The number of hydrogen-bond donors (Lipinski definition) is 6. The van der Waals surface area contributed by atoms with Gasteiger partial charge >= 0.3 is 6.03 Å². The summed E-state index contributed by atoms with van der Waals surface area (Å²) in [5, 5.41) is 11.7. The van der Waals surface area contributed by atoms with E-state index in [1.807, 2.05) is 13.8 Å². The first-order valence-electron chi connectivity index (χ1n) is 11.5. The summed E-state index contributed by atoms with van der Waals surface area (Å²) >= 11 is 0. The van der Waals surface area contributed by atoms with Crippen molar-refractivity contribution in [3.05, 3.63) is 6.54 Å². The number of rotatable bonds is 11. The second kappa shape index (κ2) is 13.5. The highest BCUT2D eigenvalue weighted by atomic mass is 16.5. The first-order chi connectivity index (χ1) is 15.0. The third kappa shape index (κ3) is 8.62. The number of nitrogens with one attached hydrogen (secondary N) is 6. The van der Waals surface area contributed by atoms with Crippen molar-refractivity contribution in [3.8, 4) is 0 Å². The van der Waals surface area contributed by atoms with Crippen LogP contribution in [0.25, 0.3) is 0 Å². The van der Waals surface area contributed by atoms with Crippen LogP contribution in [0.3, 0.4) is 0 Å². The molecule has 6 N–H and O–H groups in total. The highest BCUT2D eigenvalue weighted by Crippen LogP contribution is 2.28. The predicted octanol–water partition coefficient (Wildman–Crippen LogP) is 0.166. The second-order valence-electron chi connectivity index (χ2n) is 8.28. The number of urea groups is 1. The normalized spacial score (nSPS) is 26.7. The van der Waals surface area contributed by atoms with E-state index in [4.69, 9.17) is 4.74 Å². The number of hydrogen-bond acceptors (Lipinski definition) is 6. The summed E-state index contributed by atoms with van der Waals surface area (Å²) in [5.74, 6) is 0.526. The van der Waals surface area contributed by atoms with E-state index in [2.05, 4.69) is 32.1 Å². The summed E-state index contributed by atoms with van der Waals surface area (Å²) in [7, 11) is 1.67. The lowest BCUT2D eigenvalue weighted by molar-refractivity contribution is -0.125. The van der Waals surface area contributed by atoms with E-state index < -0.39 is 0 Å². The molecule has 2 aliphatic rings. The molecule has 0 aromatic heterocycles. The van der Waals surface area contributed by atoms with Crippen LogP contribution in [0.15, 0.2) is 0 Å². The zero-order valence-corrected chi connectivity index (χ0v) is 19.0. The molecule has 0 spiro atoms. The maximum Gasteiger partial charge on any atom is 0.329 e. The summed E-state index contributed by atoms with van der Waals surface area (Å²) in [4.78, 5) is 36.1. The molecule has 2 fully saturated rings. The van der Waals surface area contributed by atoms with E-state index >= 15 is 0 Å². The summed E-state index contributed by atoms with van der Waals surface area (Å²) in [6.07, 6.45) is 5.01. The molecule has 1 aliphatic heterocycles. The predicted molar refractivity (Wildman–Crippen MR) is 118 cm³/mol. The Morgan fingerprint density at radius 3 is 2.52 bits per heavy atom. The molecule has 10 nitrogen and oxygen atoms in total. The van der Waals surface area contributed by atoms with Crippen molar-refractivity contribution in [1.82, 2.24) is 32.1 Å². The van der Waals surface area contributed by atoms with Gasteiger partial charge in [0.25, 0.3) is 0 Å². The van der Waals surface area contributed by atoms with Crippen LogP contribution in [0.2, 0.25) is 0 Å². The Labute approximate surface area is 185 Å². The van der Waals surface area contributed by atoms with Crippen LogP contribution in [-0.2, 0) is 14.3 Å². The van der Waals surface area contributed by atoms with E-state index in [0.717, 1.165) is 25.7 Å². The van der Waals surface area contributed by atoms with E-state index in [9.17, 15) is 14.4 Å². The number of amides is 4. The number of carbonyl (C=O) groups is 3. The Bertz CT molecular complexity index is 582. The summed E-state index contributed by atoms with van der Waals surface area (Å²) in [6.45, 7) is 7.48. The van der Waals surface area contributed by atoms with Gasteiger partial charge in [-0.25, -0.2) is 10.2 Å². The van der Waals surface area contributed by atoms with Gasteiger partial charge in [-0.15, -0.1) is 0 Å². The number of hydrazine groups is 1. The molecule has 4 amide bonds. The van der Waals surface area contributed by atoms with Crippen LogP contribution in [0.4, 0.5) is 4.79 Å². The average Bonchev–Trinajstić information content (AvgIpc) is 3.25. The summed E-state index contributed by atoms with van der Waals surface area (Å²) < 4.78 is 5.56. The third-order valence-electron chi connectivity index (χ3n) is 6.06. The van der Waals surface area contributed by atoms with Crippen molar-refractivity contribution in [2.24, 2.45) is 11.8 Å². The average molecular weight is 440 g/mol. The Morgan fingerprint density at radius 2 is 1.87 bits per heavy atom. The van der Waals surface area contributed by atoms with Crippen molar-refractivity contribution >= 4 is 17.8 Å². The highest BCUT2D eigenvalue weighted by molar-refractivity contribution is 5.82. The van der Waals surface area contributed by atoms with E-state index in [1.54, 1.807) is 13.6 Å². The molecule has 0 bridgehead atoms.